The highest BCUT2D eigenvalue weighted by molar-refractivity contribution is 8.19. The number of hydrogen-bond acceptors (Lipinski definition) is 8. The monoisotopic (exact) mass is 402 g/mol. The van der Waals surface area contributed by atoms with Crippen LogP contribution in [0.15, 0.2) is 39.2 Å². The van der Waals surface area contributed by atoms with Crippen LogP contribution >= 0.6 is 23.5 Å². The topological polar surface area (TPSA) is 78.4 Å². The summed E-state index contributed by atoms with van der Waals surface area (Å²) in [4.78, 5) is 12.2. The first-order valence-electron chi connectivity index (χ1n) is 8.50. The van der Waals surface area contributed by atoms with E-state index in [-0.39, 0.29) is 12.5 Å². The fourth-order valence-electron chi connectivity index (χ4n) is 2.80. The molecule has 1 saturated heterocycles. The van der Waals surface area contributed by atoms with Gasteiger partial charge >= 0.3 is 5.97 Å². The lowest BCUT2D eigenvalue weighted by atomic mass is 10.1. The summed E-state index contributed by atoms with van der Waals surface area (Å²) in [7, 11) is 0. The molecule has 1 aliphatic heterocycles. The third-order valence-corrected chi connectivity index (χ3v) is 7.21. The van der Waals surface area contributed by atoms with E-state index in [9.17, 15) is 4.79 Å². The van der Waals surface area contributed by atoms with E-state index < -0.39 is 5.97 Å². The smallest absolute Gasteiger partial charge is 0.338 e. The molecule has 3 aromatic rings. The van der Waals surface area contributed by atoms with Gasteiger partial charge in [-0.05, 0) is 37.6 Å². The maximum Gasteiger partial charge on any atom is 0.338 e. The number of thioether (sulfide) groups is 2. The van der Waals surface area contributed by atoms with E-state index in [4.69, 9.17) is 13.6 Å². The molecule has 2 aromatic heterocycles. The number of ether oxygens (including phenoxy) is 1. The standard InChI is InChI=1S/C19H18N2O4S2/c1-11-9-15(12(2)24-11)17-21-20-16(25-17)10-23-18(22)13-3-5-14(6-4-13)19-26-7-8-27-19/h3-6,9,19H,7-8,10H2,1-2H3. The molecule has 27 heavy (non-hydrogen) atoms. The number of aromatic nitrogens is 2. The summed E-state index contributed by atoms with van der Waals surface area (Å²) in [6, 6.07) is 9.41. The molecule has 8 heteroatoms. The van der Waals surface area contributed by atoms with Crippen molar-refractivity contribution in [2.45, 2.75) is 25.0 Å². The lowest BCUT2D eigenvalue weighted by Gasteiger charge is -2.08. The average molecular weight is 402 g/mol. The number of carbonyl (C=O) groups is 1. The second-order valence-electron chi connectivity index (χ2n) is 6.10. The van der Waals surface area contributed by atoms with Gasteiger partial charge in [-0.1, -0.05) is 12.1 Å². The minimum absolute atomic E-state index is 0.0716. The van der Waals surface area contributed by atoms with Gasteiger partial charge in [0.15, 0.2) is 6.61 Å². The highest BCUT2D eigenvalue weighted by atomic mass is 32.2. The van der Waals surface area contributed by atoms with Crippen molar-refractivity contribution in [3.8, 4) is 11.5 Å². The zero-order chi connectivity index (χ0) is 18.8. The maximum absolute atomic E-state index is 12.2. The molecule has 1 aliphatic rings. The zero-order valence-corrected chi connectivity index (χ0v) is 16.6. The number of aryl methyl sites for hydroxylation is 2. The molecule has 0 radical (unpaired) electrons. The van der Waals surface area contributed by atoms with Crippen molar-refractivity contribution in [3.63, 3.8) is 0 Å². The van der Waals surface area contributed by atoms with E-state index in [1.165, 1.54) is 17.1 Å². The van der Waals surface area contributed by atoms with Gasteiger partial charge in [0.2, 0.25) is 0 Å². The Morgan fingerprint density at radius 2 is 1.89 bits per heavy atom. The van der Waals surface area contributed by atoms with Crippen LogP contribution in [-0.4, -0.2) is 27.7 Å². The number of nitrogens with zero attached hydrogens (tertiary/aromatic N) is 2. The molecule has 0 atom stereocenters. The van der Waals surface area contributed by atoms with Gasteiger partial charge in [0, 0.05) is 11.5 Å². The Morgan fingerprint density at radius 1 is 1.15 bits per heavy atom. The summed E-state index contributed by atoms with van der Waals surface area (Å²) < 4.78 is 16.8. The van der Waals surface area contributed by atoms with E-state index >= 15 is 0 Å². The van der Waals surface area contributed by atoms with Crippen molar-refractivity contribution in [3.05, 3.63) is 58.9 Å². The van der Waals surface area contributed by atoms with Crippen molar-refractivity contribution >= 4 is 29.5 Å². The fourth-order valence-corrected chi connectivity index (χ4v) is 5.66. The number of furan rings is 1. The molecule has 4 rings (SSSR count). The van der Waals surface area contributed by atoms with Crippen molar-refractivity contribution in [2.75, 3.05) is 11.5 Å². The third-order valence-electron chi connectivity index (χ3n) is 4.11. The molecule has 140 valence electrons. The Bertz CT molecular complexity index is 943. The van der Waals surface area contributed by atoms with E-state index in [2.05, 4.69) is 10.2 Å². The van der Waals surface area contributed by atoms with E-state index in [0.717, 1.165) is 11.3 Å². The highest BCUT2D eigenvalue weighted by Gasteiger charge is 2.19. The summed E-state index contributed by atoms with van der Waals surface area (Å²) in [5.41, 5.74) is 2.48. The molecule has 0 bridgehead atoms. The first kappa shape index (κ1) is 18.2. The van der Waals surface area contributed by atoms with Crippen molar-refractivity contribution in [1.29, 1.82) is 0 Å². The quantitative estimate of drug-likeness (QED) is 0.564. The van der Waals surface area contributed by atoms with Crippen LogP contribution in [0.1, 0.15) is 37.9 Å². The zero-order valence-electron chi connectivity index (χ0n) is 14.9. The minimum Gasteiger partial charge on any atom is -0.466 e. The lowest BCUT2D eigenvalue weighted by Crippen LogP contribution is -2.05. The highest BCUT2D eigenvalue weighted by Crippen LogP contribution is 2.45. The molecular weight excluding hydrogens is 384 g/mol. The Balaban J connectivity index is 1.37. The Morgan fingerprint density at radius 3 is 2.56 bits per heavy atom. The van der Waals surface area contributed by atoms with Crippen molar-refractivity contribution in [2.24, 2.45) is 0 Å². The fraction of sp³-hybridized carbons (Fsp3) is 0.316. The molecule has 3 heterocycles. The van der Waals surface area contributed by atoms with Gasteiger partial charge in [-0.15, -0.1) is 33.7 Å². The summed E-state index contributed by atoms with van der Waals surface area (Å²) in [5, 5.41) is 7.93. The molecule has 0 spiro atoms. The Kier molecular flexibility index (Phi) is 5.27. The number of rotatable bonds is 5. The molecule has 0 N–H and O–H groups in total. The predicted molar refractivity (Wildman–Crippen MR) is 105 cm³/mol. The summed E-state index contributed by atoms with van der Waals surface area (Å²) >= 11 is 3.87. The summed E-state index contributed by atoms with van der Waals surface area (Å²) in [5.74, 6) is 4.00. The van der Waals surface area contributed by atoms with Gasteiger partial charge in [-0.2, -0.15) is 0 Å². The Labute approximate surface area is 165 Å². The lowest BCUT2D eigenvalue weighted by molar-refractivity contribution is 0.0438. The SMILES string of the molecule is Cc1cc(-c2nnc(COC(=O)c3ccc(C4SCCS4)cc3)o2)c(C)o1. The van der Waals surface area contributed by atoms with Crippen molar-refractivity contribution in [1.82, 2.24) is 10.2 Å². The molecular formula is C19H18N2O4S2. The van der Waals surface area contributed by atoms with Gasteiger partial charge in [0.1, 0.15) is 11.5 Å². The molecule has 0 aliphatic carbocycles. The summed E-state index contributed by atoms with van der Waals surface area (Å²) in [6.45, 7) is 3.61. The molecule has 0 unspecified atom stereocenters. The number of hydrogen-bond donors (Lipinski definition) is 0. The Hall–Kier alpha value is -2.19. The van der Waals surface area contributed by atoms with Crippen LogP contribution in [-0.2, 0) is 11.3 Å². The van der Waals surface area contributed by atoms with Crippen LogP contribution in [0.3, 0.4) is 0 Å². The molecule has 1 aromatic carbocycles. The first-order valence-corrected chi connectivity index (χ1v) is 10.6. The predicted octanol–water partition coefficient (Wildman–Crippen LogP) is 4.78. The van der Waals surface area contributed by atoms with Gasteiger partial charge in [-0.3, -0.25) is 0 Å². The third kappa shape index (κ3) is 4.06. The molecule has 0 amide bonds. The second kappa shape index (κ2) is 7.82. The van der Waals surface area contributed by atoms with Crippen LogP contribution in [0, 0.1) is 13.8 Å². The van der Waals surface area contributed by atoms with Crippen LogP contribution in [0.4, 0.5) is 0 Å². The molecule has 0 saturated carbocycles. The number of esters is 1. The van der Waals surface area contributed by atoms with Crippen LogP contribution in [0.25, 0.3) is 11.5 Å². The number of carbonyl (C=O) groups excluding carboxylic acids is 1. The van der Waals surface area contributed by atoms with Gasteiger partial charge < -0.3 is 13.6 Å². The van der Waals surface area contributed by atoms with Gasteiger partial charge in [0.05, 0.1) is 15.7 Å². The largest absolute Gasteiger partial charge is 0.466 e. The number of benzene rings is 1. The molecule has 6 nitrogen and oxygen atoms in total. The van der Waals surface area contributed by atoms with Crippen LogP contribution < -0.4 is 0 Å². The van der Waals surface area contributed by atoms with E-state index in [0.29, 0.717) is 21.8 Å². The summed E-state index contributed by atoms with van der Waals surface area (Å²) in [6.07, 6.45) is 0. The van der Waals surface area contributed by atoms with E-state index in [1.54, 1.807) is 12.1 Å². The average Bonchev–Trinajstić information content (AvgIpc) is 3.41. The minimum atomic E-state index is -0.414. The van der Waals surface area contributed by atoms with Gasteiger partial charge in [0.25, 0.3) is 11.8 Å². The maximum atomic E-state index is 12.2. The van der Waals surface area contributed by atoms with Gasteiger partial charge in [-0.25, -0.2) is 4.79 Å². The normalized spacial score (nSPS) is 14.6. The van der Waals surface area contributed by atoms with Crippen molar-refractivity contribution < 1.29 is 18.4 Å². The molecule has 1 fully saturated rings. The first-order chi connectivity index (χ1) is 13.1. The second-order valence-corrected chi connectivity index (χ2v) is 8.82. The van der Waals surface area contributed by atoms with Crippen LogP contribution in [0.5, 0.6) is 0 Å². The van der Waals surface area contributed by atoms with Crippen LogP contribution in [0.2, 0.25) is 0 Å². The van der Waals surface area contributed by atoms with E-state index in [1.807, 2.05) is 55.6 Å².